The van der Waals surface area contributed by atoms with Crippen LogP contribution in [0.3, 0.4) is 0 Å². The Kier molecular flexibility index (Phi) is 14.6. The second-order valence-corrected chi connectivity index (χ2v) is 3.47. The molecule has 0 aromatic carbocycles. The third-order valence-corrected chi connectivity index (χ3v) is 2.00. The molecule has 0 radical (unpaired) electrons. The fourth-order valence-corrected chi connectivity index (χ4v) is 1.45. The van der Waals surface area contributed by atoms with Gasteiger partial charge in [-0.15, -0.1) is 17.0 Å². The van der Waals surface area contributed by atoms with Crippen LogP contribution < -0.4 is 0 Å². The van der Waals surface area contributed by atoms with Crippen LogP contribution in [0.4, 0.5) is 0 Å². The van der Waals surface area contributed by atoms with E-state index in [0.29, 0.717) is 0 Å². The second-order valence-electron chi connectivity index (χ2n) is 1.98. The van der Waals surface area contributed by atoms with Crippen LogP contribution in [0.15, 0.2) is 0 Å². The Morgan fingerprint density at radius 3 is 1.91 bits per heavy atom. The van der Waals surface area contributed by atoms with Gasteiger partial charge < -0.3 is 0 Å². The molecule has 0 unspecified atom stereocenters. The predicted molar refractivity (Wildman–Crippen MR) is 46.8 cm³/mol. The van der Waals surface area contributed by atoms with E-state index in [1.807, 2.05) is 13.8 Å². The van der Waals surface area contributed by atoms with Crippen molar-refractivity contribution >= 4 is 17.0 Å². The summed E-state index contributed by atoms with van der Waals surface area (Å²) in [5.41, 5.74) is 0. The van der Waals surface area contributed by atoms with Gasteiger partial charge in [-0.1, -0.05) is 0 Å². The van der Waals surface area contributed by atoms with Crippen LogP contribution in [0.5, 0.6) is 0 Å². The molecule has 2 nitrogen and oxygen atoms in total. The number of hydrogen-bond acceptors (Lipinski definition) is 2. The van der Waals surface area contributed by atoms with Crippen molar-refractivity contribution in [3.05, 3.63) is 0 Å². The molecule has 0 aromatic rings. The van der Waals surface area contributed by atoms with Gasteiger partial charge in [-0.2, -0.15) is 0 Å². The van der Waals surface area contributed by atoms with E-state index in [1.54, 1.807) is 0 Å². The Morgan fingerprint density at radius 1 is 1.18 bits per heavy atom. The van der Waals surface area contributed by atoms with Crippen LogP contribution in [0.2, 0.25) is 5.02 Å². The topological polar surface area (TPSA) is 18.5 Å². The van der Waals surface area contributed by atoms with Gasteiger partial charge >= 0.3 is 72.6 Å². The van der Waals surface area contributed by atoms with E-state index < -0.39 is 0 Å². The second kappa shape index (κ2) is 11.0. The van der Waals surface area contributed by atoms with E-state index in [-0.39, 0.29) is 23.3 Å². The maximum atomic E-state index is 5.32. The Hall–Kier alpha value is 1.02. The fourth-order valence-electron chi connectivity index (χ4n) is 0.753. The summed E-state index contributed by atoms with van der Waals surface area (Å²) in [6.45, 7) is 5.51. The molecule has 0 aliphatic carbocycles. The van der Waals surface area contributed by atoms with Gasteiger partial charge in [0, 0.05) is 0 Å². The molecule has 0 saturated carbocycles. The van der Waals surface area contributed by atoms with Gasteiger partial charge in [0.05, 0.1) is 0 Å². The summed E-state index contributed by atoms with van der Waals surface area (Å²) >= 11 is 1.33. The third kappa shape index (κ3) is 8.93. The molecule has 0 aromatic heterocycles. The van der Waals surface area contributed by atoms with Crippen LogP contribution in [-0.4, -0.2) is 19.5 Å². The van der Waals surface area contributed by atoms with Crippen molar-refractivity contribution in [2.75, 3.05) is 13.2 Å². The number of ether oxygens (including phenoxy) is 2. The summed E-state index contributed by atoms with van der Waals surface area (Å²) < 4.78 is 10.6. The van der Waals surface area contributed by atoms with Gasteiger partial charge in [0.25, 0.3) is 0 Å². The molecule has 0 spiro atoms. The molecule has 0 amide bonds. The van der Waals surface area contributed by atoms with E-state index in [2.05, 4.69) is 0 Å². The van der Waals surface area contributed by atoms with Gasteiger partial charge in [0.15, 0.2) is 0 Å². The minimum absolute atomic E-state index is 0. The number of halogens is 1. The van der Waals surface area contributed by atoms with Crippen LogP contribution in [0.25, 0.3) is 0 Å². The van der Waals surface area contributed by atoms with Gasteiger partial charge in [0.1, 0.15) is 0 Å². The molecule has 0 saturated heterocycles. The number of rotatable bonds is 6. The SMILES string of the molecule is Br.CCOC(C[CH2][Zn])OCC. The van der Waals surface area contributed by atoms with Gasteiger partial charge in [0.2, 0.25) is 0 Å². The molecule has 65 valence electrons. The van der Waals surface area contributed by atoms with Crippen LogP contribution in [-0.2, 0) is 27.8 Å². The first-order valence-corrected chi connectivity index (χ1v) is 5.97. The van der Waals surface area contributed by atoms with E-state index in [9.17, 15) is 0 Å². The first-order valence-electron chi connectivity index (χ1n) is 3.87. The van der Waals surface area contributed by atoms with Crippen LogP contribution in [0.1, 0.15) is 20.3 Å². The Balaban J connectivity index is 0. The molecule has 0 aliphatic rings. The first kappa shape index (κ1) is 14.5. The normalized spacial score (nSPS) is 9.91. The summed E-state index contributed by atoms with van der Waals surface area (Å²) in [5.74, 6) is 0. The molecule has 0 heterocycles. The van der Waals surface area contributed by atoms with E-state index >= 15 is 0 Å². The maximum absolute atomic E-state index is 5.32. The zero-order valence-corrected chi connectivity index (χ0v) is 12.0. The van der Waals surface area contributed by atoms with Gasteiger partial charge in [-0.25, -0.2) is 0 Å². The van der Waals surface area contributed by atoms with E-state index in [1.165, 1.54) is 23.3 Å². The molecule has 4 heteroatoms. The van der Waals surface area contributed by atoms with Gasteiger partial charge in [-0.05, 0) is 0 Å². The zero-order valence-electron chi connectivity index (χ0n) is 7.34. The molecule has 0 bridgehead atoms. The van der Waals surface area contributed by atoms with Crippen molar-refractivity contribution in [3.8, 4) is 0 Å². The molecular formula is C7H16BrO2Zn. The van der Waals surface area contributed by atoms with Crippen molar-refractivity contribution in [1.82, 2.24) is 0 Å². The predicted octanol–water partition coefficient (Wildman–Crippen LogP) is 2.32. The van der Waals surface area contributed by atoms with E-state index in [0.717, 1.165) is 19.6 Å². The molecule has 0 N–H and O–H groups in total. The third-order valence-electron chi connectivity index (χ3n) is 1.14. The fraction of sp³-hybridized carbons (Fsp3) is 1.00. The Bertz CT molecular complexity index is 59.2. The Morgan fingerprint density at radius 2 is 1.64 bits per heavy atom. The summed E-state index contributed by atoms with van der Waals surface area (Å²) in [7, 11) is 0. The molecule has 0 fully saturated rings. The van der Waals surface area contributed by atoms with Crippen LogP contribution >= 0.6 is 17.0 Å². The Labute approximate surface area is 89.5 Å². The molecule has 0 atom stereocenters. The number of hydrogen-bond donors (Lipinski definition) is 0. The molecule has 0 aliphatic heterocycles. The average molecular weight is 277 g/mol. The monoisotopic (exact) mass is 275 g/mol. The zero-order chi connectivity index (χ0) is 7.82. The van der Waals surface area contributed by atoms with Crippen molar-refractivity contribution in [2.45, 2.75) is 31.6 Å². The first-order chi connectivity index (χ1) is 4.85. The summed E-state index contributed by atoms with van der Waals surface area (Å²) in [6, 6.07) is 0. The van der Waals surface area contributed by atoms with Crippen molar-refractivity contribution in [3.63, 3.8) is 0 Å². The van der Waals surface area contributed by atoms with E-state index in [4.69, 9.17) is 9.47 Å². The van der Waals surface area contributed by atoms with Crippen molar-refractivity contribution < 1.29 is 27.8 Å². The standard InChI is InChI=1S/C7H15O2.BrH.Zn/c1-4-7(8-5-2)9-6-3;;/h7H,1,4-6H2,2-3H3;1H;. The summed E-state index contributed by atoms with van der Waals surface area (Å²) in [5, 5.41) is 1.24. The average Bonchev–Trinajstić information content (AvgIpc) is 1.90. The van der Waals surface area contributed by atoms with Crippen molar-refractivity contribution in [2.24, 2.45) is 0 Å². The van der Waals surface area contributed by atoms with Gasteiger partial charge in [-0.3, -0.25) is 0 Å². The summed E-state index contributed by atoms with van der Waals surface area (Å²) in [6.07, 6.45) is 1.12. The van der Waals surface area contributed by atoms with Crippen molar-refractivity contribution in [1.29, 1.82) is 0 Å². The molecular weight excluding hydrogens is 261 g/mol. The quantitative estimate of drug-likeness (QED) is 0.548. The molecule has 0 rings (SSSR count). The summed E-state index contributed by atoms with van der Waals surface area (Å²) in [4.78, 5) is 0. The molecule has 11 heavy (non-hydrogen) atoms. The van der Waals surface area contributed by atoms with Crippen LogP contribution in [0, 0.1) is 0 Å². The minimum atomic E-state index is 0.